The van der Waals surface area contributed by atoms with Gasteiger partial charge in [0.25, 0.3) is 0 Å². The van der Waals surface area contributed by atoms with E-state index < -0.39 is 0 Å². The fourth-order valence-electron chi connectivity index (χ4n) is 8.31. The van der Waals surface area contributed by atoms with E-state index in [1.807, 2.05) is 16.7 Å². The second-order valence-corrected chi connectivity index (χ2v) is 20.6. The monoisotopic (exact) mass is 534 g/mol. The minimum atomic E-state index is 0.158. The van der Waals surface area contributed by atoms with Crippen LogP contribution >= 0.6 is 38.3 Å². The number of fused-ring (bicyclic) bond motifs is 1. The first-order valence-corrected chi connectivity index (χ1v) is 19.4. The number of hydrogen-bond acceptors (Lipinski definition) is 2. The molecule has 2 aromatic rings. The van der Waals surface area contributed by atoms with Gasteiger partial charge in [-0.1, -0.05) is 44.7 Å². The average Bonchev–Trinajstić information content (AvgIpc) is 3.54. The molecule has 0 radical (unpaired) electrons. The van der Waals surface area contributed by atoms with Crippen molar-refractivity contribution in [1.82, 2.24) is 0 Å². The molecule has 0 nitrogen and oxygen atoms in total. The van der Waals surface area contributed by atoms with Crippen molar-refractivity contribution in [3.8, 4) is 0 Å². The maximum Gasteiger partial charge on any atom is 0.0340 e. The van der Waals surface area contributed by atoms with Crippen LogP contribution in [0.15, 0.2) is 46.4 Å². The lowest BCUT2D eigenvalue weighted by molar-refractivity contribution is 0.306. The fourth-order valence-corrected chi connectivity index (χ4v) is 24.6. The number of hydrogen-bond donors (Lipinski definition) is 0. The number of aryl methyl sites for hydroxylation is 1. The highest BCUT2D eigenvalue weighted by atomic mass is 32.2. The predicted octanol–water partition coefficient (Wildman–Crippen LogP) is 10.4. The minimum Gasteiger partial charge on any atom is -0.144 e. The smallest absolute Gasteiger partial charge is 0.0340 e. The molecular formula is C31H36P2S2. The zero-order valence-electron chi connectivity index (χ0n) is 21.0. The molecule has 1 aromatic heterocycles. The third kappa shape index (κ3) is 3.19. The molecule has 6 aliphatic rings. The highest BCUT2D eigenvalue weighted by molar-refractivity contribution is 8.33. The van der Waals surface area contributed by atoms with Crippen LogP contribution in [0.25, 0.3) is 11.1 Å². The van der Waals surface area contributed by atoms with Crippen LogP contribution in [0.4, 0.5) is 0 Å². The molecule has 0 amide bonds. The summed E-state index contributed by atoms with van der Waals surface area (Å²) in [5, 5.41) is 8.07. The molecule has 8 rings (SSSR count). The Labute approximate surface area is 221 Å². The third-order valence-corrected chi connectivity index (χ3v) is 23.0. The van der Waals surface area contributed by atoms with E-state index in [4.69, 9.17) is 0 Å². The number of benzene rings is 1. The maximum atomic E-state index is 2.77. The summed E-state index contributed by atoms with van der Waals surface area (Å²) in [6, 6.07) is 11.9. The van der Waals surface area contributed by atoms with Gasteiger partial charge in [0, 0.05) is 22.0 Å². The van der Waals surface area contributed by atoms with Crippen molar-refractivity contribution in [3.63, 3.8) is 0 Å². The second-order valence-electron chi connectivity index (χ2n) is 11.9. The Hall–Kier alpha value is -0.390. The Morgan fingerprint density at radius 3 is 2.40 bits per heavy atom. The maximum absolute atomic E-state index is 2.77. The van der Waals surface area contributed by atoms with Gasteiger partial charge in [-0.25, -0.2) is 0 Å². The van der Waals surface area contributed by atoms with E-state index in [0.717, 1.165) is 34.1 Å². The third-order valence-electron chi connectivity index (χ3n) is 10.3. The van der Waals surface area contributed by atoms with Crippen LogP contribution in [-0.2, 0) is 0 Å². The second kappa shape index (κ2) is 8.56. The topological polar surface area (TPSA) is 0 Å². The van der Waals surface area contributed by atoms with Gasteiger partial charge in [0.15, 0.2) is 0 Å². The molecule has 3 saturated carbocycles. The van der Waals surface area contributed by atoms with Gasteiger partial charge >= 0.3 is 0 Å². The lowest BCUT2D eigenvalue weighted by Crippen LogP contribution is -2.40. The Bertz CT molecular complexity index is 1230. The van der Waals surface area contributed by atoms with E-state index >= 15 is 0 Å². The first-order valence-electron chi connectivity index (χ1n) is 14.0. The summed E-state index contributed by atoms with van der Waals surface area (Å²) in [7, 11) is 0.329. The number of rotatable bonds is 4. The summed E-state index contributed by atoms with van der Waals surface area (Å²) in [5.74, 6) is 2.42. The van der Waals surface area contributed by atoms with Crippen LogP contribution in [0.2, 0.25) is 0 Å². The van der Waals surface area contributed by atoms with Crippen molar-refractivity contribution in [2.75, 3.05) is 0 Å². The van der Waals surface area contributed by atoms with Crippen LogP contribution in [0.1, 0.15) is 85.8 Å². The van der Waals surface area contributed by atoms with Gasteiger partial charge in [-0.15, -0.1) is 23.1 Å². The molecule has 2 aliphatic heterocycles. The Balaban J connectivity index is 1.28. The van der Waals surface area contributed by atoms with Gasteiger partial charge in [0.1, 0.15) is 0 Å². The highest BCUT2D eigenvalue weighted by Crippen LogP contribution is 2.93. The Morgan fingerprint density at radius 2 is 1.69 bits per heavy atom. The van der Waals surface area contributed by atoms with Crippen LogP contribution in [0.5, 0.6) is 0 Å². The quantitative estimate of drug-likeness (QED) is 0.352. The summed E-state index contributed by atoms with van der Waals surface area (Å²) in [6.07, 6.45) is 12.2. The molecule has 7 atom stereocenters. The zero-order valence-corrected chi connectivity index (χ0v) is 24.4. The zero-order chi connectivity index (χ0) is 23.3. The minimum absolute atomic E-state index is 0.158. The van der Waals surface area contributed by atoms with Gasteiger partial charge in [0.05, 0.1) is 0 Å². The van der Waals surface area contributed by atoms with Gasteiger partial charge in [-0.05, 0) is 133 Å². The molecule has 7 unspecified atom stereocenters. The molecule has 4 aliphatic carbocycles. The van der Waals surface area contributed by atoms with Crippen molar-refractivity contribution in [3.05, 3.63) is 68.0 Å². The SMILES string of the molecule is CC1=C(c2sccc2C)C(C2CCC3SC=C4C3C2P(C2CCC2)P4C2CCC2)c2ccccc21. The van der Waals surface area contributed by atoms with E-state index in [1.54, 1.807) is 52.8 Å². The molecule has 1 saturated heterocycles. The Morgan fingerprint density at radius 1 is 0.886 bits per heavy atom. The van der Waals surface area contributed by atoms with Crippen molar-refractivity contribution in [1.29, 1.82) is 0 Å². The van der Waals surface area contributed by atoms with Crippen molar-refractivity contribution < 1.29 is 0 Å². The fraction of sp³-hybridized carbons (Fsp3) is 0.548. The standard InChI is InChI=1S/C31H36P2S2/c1-18-15-16-34-31(18)27-19(2)22-11-3-4-12-23(22)28(27)24-13-14-26-29-25(17-35-26)32(20-7-5-8-20)33(30(24)29)21-9-6-10-21/h3-4,11-12,15-17,20-21,24,26,28-30H,5-10,13-14H2,1-2H3. The van der Waals surface area contributed by atoms with Crippen LogP contribution < -0.4 is 0 Å². The van der Waals surface area contributed by atoms with Crippen molar-refractivity contribution >= 4 is 49.5 Å². The molecular weight excluding hydrogens is 498 g/mol. The summed E-state index contributed by atoms with van der Waals surface area (Å²) in [4.78, 5) is 1.59. The van der Waals surface area contributed by atoms with Gasteiger partial charge in [-0.3, -0.25) is 0 Å². The molecule has 4 fully saturated rings. The van der Waals surface area contributed by atoms with Crippen molar-refractivity contribution in [2.45, 2.75) is 93.4 Å². The molecule has 3 heterocycles. The lowest BCUT2D eigenvalue weighted by Gasteiger charge is -2.49. The number of allylic oxidation sites excluding steroid dienone is 3. The highest BCUT2D eigenvalue weighted by Gasteiger charge is 2.62. The number of thioether (sulfide) groups is 1. The molecule has 0 bridgehead atoms. The van der Waals surface area contributed by atoms with Gasteiger partial charge < -0.3 is 0 Å². The molecule has 0 N–H and O–H groups in total. The van der Waals surface area contributed by atoms with Crippen molar-refractivity contribution in [2.24, 2.45) is 11.8 Å². The summed E-state index contributed by atoms with van der Waals surface area (Å²) >= 11 is 4.28. The molecule has 182 valence electrons. The molecule has 4 heteroatoms. The van der Waals surface area contributed by atoms with Gasteiger partial charge in [-0.2, -0.15) is 0 Å². The van der Waals surface area contributed by atoms with Crippen LogP contribution in [-0.4, -0.2) is 22.2 Å². The van der Waals surface area contributed by atoms with E-state index in [0.29, 0.717) is 5.92 Å². The van der Waals surface area contributed by atoms with E-state index in [1.165, 1.54) is 31.2 Å². The lowest BCUT2D eigenvalue weighted by atomic mass is 9.70. The summed E-state index contributed by atoms with van der Waals surface area (Å²) in [6.45, 7) is 4.80. The average molecular weight is 535 g/mol. The number of thiophene rings is 1. The predicted molar refractivity (Wildman–Crippen MR) is 159 cm³/mol. The largest absolute Gasteiger partial charge is 0.144 e. The van der Waals surface area contributed by atoms with Gasteiger partial charge in [0.2, 0.25) is 0 Å². The van der Waals surface area contributed by atoms with Crippen LogP contribution in [0.3, 0.4) is 0 Å². The van der Waals surface area contributed by atoms with E-state index in [-0.39, 0.29) is 15.2 Å². The van der Waals surface area contributed by atoms with E-state index in [9.17, 15) is 0 Å². The first kappa shape index (κ1) is 22.6. The summed E-state index contributed by atoms with van der Waals surface area (Å²) < 4.78 is 0. The summed E-state index contributed by atoms with van der Waals surface area (Å²) in [5.41, 5.74) is 11.2. The van der Waals surface area contributed by atoms with E-state index in [2.05, 4.69) is 66.7 Å². The first-order chi connectivity index (χ1) is 17.2. The molecule has 35 heavy (non-hydrogen) atoms. The van der Waals surface area contributed by atoms with Crippen LogP contribution in [0, 0.1) is 18.8 Å². The normalized spacial score (nSPS) is 38.2. The Kier molecular flexibility index (Phi) is 5.52. The molecule has 1 aromatic carbocycles. The molecule has 0 spiro atoms.